The minimum Gasteiger partial charge on any atom is -0.343 e. The number of urea groups is 1. The summed E-state index contributed by atoms with van der Waals surface area (Å²) in [5.41, 5.74) is 1.89. The van der Waals surface area contributed by atoms with Crippen LogP contribution in [0.5, 0.6) is 0 Å². The minimum absolute atomic E-state index is 0.0501. The lowest BCUT2D eigenvalue weighted by molar-refractivity contribution is -0.134. The first-order valence-electron chi connectivity index (χ1n) is 9.65. The molecule has 2 saturated heterocycles. The minimum atomic E-state index is -0.477. The van der Waals surface area contributed by atoms with E-state index in [1.165, 1.54) is 4.90 Å². The average molecular weight is 374 g/mol. The van der Waals surface area contributed by atoms with Gasteiger partial charge in [0.05, 0.1) is 31.0 Å². The van der Waals surface area contributed by atoms with Crippen molar-refractivity contribution >= 4 is 17.8 Å². The van der Waals surface area contributed by atoms with Gasteiger partial charge in [0.2, 0.25) is 11.8 Å². The number of fused-ring (bicyclic) bond motifs is 1. The SMILES string of the molecule is CN1CC(C(=O)N2CCn3nc(CCC(=O)N4CCCC4)cc3C2)NC1=O. The highest BCUT2D eigenvalue weighted by Crippen LogP contribution is 2.17. The molecule has 3 aliphatic rings. The van der Waals surface area contributed by atoms with Crippen molar-refractivity contribution in [2.45, 2.75) is 44.8 Å². The number of likely N-dealkylation sites (N-methyl/N-ethyl adjacent to an activating group) is 1. The van der Waals surface area contributed by atoms with E-state index in [1.54, 1.807) is 11.9 Å². The van der Waals surface area contributed by atoms with E-state index in [4.69, 9.17) is 0 Å². The number of hydrogen-bond acceptors (Lipinski definition) is 4. The number of likely N-dealkylation sites (tertiary alicyclic amines) is 1. The van der Waals surface area contributed by atoms with Crippen molar-refractivity contribution in [2.75, 3.05) is 33.2 Å². The Morgan fingerprint density at radius 1 is 1.19 bits per heavy atom. The van der Waals surface area contributed by atoms with Crippen molar-refractivity contribution < 1.29 is 14.4 Å². The van der Waals surface area contributed by atoms with Crippen LogP contribution in [-0.4, -0.2) is 81.6 Å². The molecular weight excluding hydrogens is 348 g/mol. The molecular formula is C18H26N6O3. The second-order valence-corrected chi connectivity index (χ2v) is 7.58. The molecule has 0 spiro atoms. The number of rotatable bonds is 4. The van der Waals surface area contributed by atoms with Crippen molar-refractivity contribution in [3.63, 3.8) is 0 Å². The van der Waals surface area contributed by atoms with Gasteiger partial charge in [0, 0.05) is 39.5 Å². The first-order chi connectivity index (χ1) is 13.0. The summed E-state index contributed by atoms with van der Waals surface area (Å²) in [7, 11) is 1.68. The van der Waals surface area contributed by atoms with E-state index in [9.17, 15) is 14.4 Å². The lowest BCUT2D eigenvalue weighted by Crippen LogP contribution is -2.48. The van der Waals surface area contributed by atoms with Crippen LogP contribution in [0.2, 0.25) is 0 Å². The van der Waals surface area contributed by atoms with Crippen molar-refractivity contribution in [3.8, 4) is 0 Å². The second-order valence-electron chi connectivity index (χ2n) is 7.58. The molecule has 0 aliphatic carbocycles. The Kier molecular flexibility index (Phi) is 4.75. The van der Waals surface area contributed by atoms with Gasteiger partial charge in [-0.3, -0.25) is 14.3 Å². The molecule has 1 atom stereocenters. The molecule has 1 unspecified atom stereocenters. The van der Waals surface area contributed by atoms with Crippen molar-refractivity contribution in [1.82, 2.24) is 29.8 Å². The van der Waals surface area contributed by atoms with Gasteiger partial charge in [-0.15, -0.1) is 0 Å². The van der Waals surface area contributed by atoms with E-state index in [-0.39, 0.29) is 17.8 Å². The fourth-order valence-electron chi connectivity index (χ4n) is 4.02. The fraction of sp³-hybridized carbons (Fsp3) is 0.667. The number of carbonyl (C=O) groups is 3. The predicted molar refractivity (Wildman–Crippen MR) is 96.7 cm³/mol. The maximum absolute atomic E-state index is 12.7. The van der Waals surface area contributed by atoms with Crippen LogP contribution in [0.1, 0.15) is 30.7 Å². The number of hydrogen-bond donors (Lipinski definition) is 1. The molecule has 0 aromatic carbocycles. The smallest absolute Gasteiger partial charge is 0.317 e. The zero-order valence-electron chi connectivity index (χ0n) is 15.7. The monoisotopic (exact) mass is 374 g/mol. The van der Waals surface area contributed by atoms with E-state index < -0.39 is 6.04 Å². The lowest BCUT2D eigenvalue weighted by Gasteiger charge is -2.29. The van der Waals surface area contributed by atoms with Crippen LogP contribution in [0.4, 0.5) is 4.79 Å². The molecule has 3 aliphatic heterocycles. The van der Waals surface area contributed by atoms with Crippen molar-refractivity contribution in [3.05, 3.63) is 17.5 Å². The van der Waals surface area contributed by atoms with E-state index in [0.717, 1.165) is 37.3 Å². The summed E-state index contributed by atoms with van der Waals surface area (Å²) in [6.45, 7) is 3.86. The highest BCUT2D eigenvalue weighted by molar-refractivity contribution is 5.90. The maximum atomic E-state index is 12.7. The van der Waals surface area contributed by atoms with Gasteiger partial charge in [0.15, 0.2) is 0 Å². The molecule has 1 aromatic rings. The quantitative estimate of drug-likeness (QED) is 0.791. The summed E-state index contributed by atoms with van der Waals surface area (Å²) in [4.78, 5) is 41.7. The van der Waals surface area contributed by atoms with Crippen LogP contribution >= 0.6 is 0 Å². The topological polar surface area (TPSA) is 90.8 Å². The lowest BCUT2D eigenvalue weighted by atomic mass is 10.2. The number of amides is 4. The van der Waals surface area contributed by atoms with Gasteiger partial charge < -0.3 is 20.0 Å². The first kappa shape index (κ1) is 17.8. The first-order valence-corrected chi connectivity index (χ1v) is 9.65. The summed E-state index contributed by atoms with van der Waals surface area (Å²) < 4.78 is 1.93. The molecule has 146 valence electrons. The van der Waals surface area contributed by atoms with Gasteiger partial charge in [-0.1, -0.05) is 0 Å². The number of carbonyl (C=O) groups excluding carboxylic acids is 3. The van der Waals surface area contributed by atoms with Gasteiger partial charge in [-0.05, 0) is 18.9 Å². The third kappa shape index (κ3) is 3.63. The Morgan fingerprint density at radius 2 is 1.96 bits per heavy atom. The maximum Gasteiger partial charge on any atom is 0.317 e. The Balaban J connectivity index is 1.34. The van der Waals surface area contributed by atoms with Crippen molar-refractivity contribution in [1.29, 1.82) is 0 Å². The van der Waals surface area contributed by atoms with E-state index in [2.05, 4.69) is 10.4 Å². The average Bonchev–Trinajstić information content (AvgIpc) is 3.39. The molecule has 0 saturated carbocycles. The standard InChI is InChI=1S/C18H26N6O3/c1-21-12-15(19-18(21)27)17(26)23-8-9-24-14(11-23)10-13(20-24)4-5-16(25)22-6-2-3-7-22/h10,15H,2-9,11-12H2,1H3,(H,19,27). The summed E-state index contributed by atoms with van der Waals surface area (Å²) in [6.07, 6.45) is 3.32. The molecule has 2 fully saturated rings. The molecule has 0 bridgehead atoms. The number of aryl methyl sites for hydroxylation is 1. The molecule has 9 heteroatoms. The summed E-state index contributed by atoms with van der Waals surface area (Å²) in [6, 6.07) is 1.31. The molecule has 4 amide bonds. The Labute approximate surface area is 158 Å². The Bertz CT molecular complexity index is 754. The predicted octanol–water partition coefficient (Wildman–Crippen LogP) is -0.196. The summed E-state index contributed by atoms with van der Waals surface area (Å²) in [5, 5.41) is 7.32. The van der Waals surface area contributed by atoms with Crippen LogP contribution in [0.3, 0.4) is 0 Å². The fourth-order valence-corrected chi connectivity index (χ4v) is 4.02. The van der Waals surface area contributed by atoms with E-state index in [1.807, 2.05) is 15.6 Å². The largest absolute Gasteiger partial charge is 0.343 e. The van der Waals surface area contributed by atoms with Crippen molar-refractivity contribution in [2.24, 2.45) is 0 Å². The van der Waals surface area contributed by atoms with Crippen LogP contribution < -0.4 is 5.32 Å². The van der Waals surface area contributed by atoms with Crippen LogP contribution in [0.25, 0.3) is 0 Å². The van der Waals surface area contributed by atoms with Gasteiger partial charge >= 0.3 is 6.03 Å². The number of nitrogens with one attached hydrogen (secondary N) is 1. The highest BCUT2D eigenvalue weighted by atomic mass is 16.2. The highest BCUT2D eigenvalue weighted by Gasteiger charge is 2.35. The van der Waals surface area contributed by atoms with Crippen LogP contribution in [0.15, 0.2) is 6.07 Å². The second kappa shape index (κ2) is 7.21. The van der Waals surface area contributed by atoms with Gasteiger partial charge in [0.1, 0.15) is 6.04 Å². The molecule has 1 N–H and O–H groups in total. The third-order valence-electron chi connectivity index (χ3n) is 5.61. The van der Waals surface area contributed by atoms with Gasteiger partial charge in [-0.2, -0.15) is 5.10 Å². The zero-order chi connectivity index (χ0) is 19.0. The molecule has 4 rings (SSSR count). The Hall–Kier alpha value is -2.58. The van der Waals surface area contributed by atoms with Crippen LogP contribution in [-0.2, 0) is 29.1 Å². The normalized spacial score (nSPS) is 22.2. The molecule has 4 heterocycles. The number of nitrogens with zero attached hydrogens (tertiary/aromatic N) is 5. The van der Waals surface area contributed by atoms with E-state index >= 15 is 0 Å². The van der Waals surface area contributed by atoms with Gasteiger partial charge in [0.25, 0.3) is 0 Å². The molecule has 0 radical (unpaired) electrons. The zero-order valence-corrected chi connectivity index (χ0v) is 15.7. The summed E-state index contributed by atoms with van der Waals surface area (Å²) >= 11 is 0. The number of aromatic nitrogens is 2. The third-order valence-corrected chi connectivity index (χ3v) is 5.61. The van der Waals surface area contributed by atoms with E-state index in [0.29, 0.717) is 39.0 Å². The molecule has 27 heavy (non-hydrogen) atoms. The Morgan fingerprint density at radius 3 is 2.67 bits per heavy atom. The van der Waals surface area contributed by atoms with Gasteiger partial charge in [-0.25, -0.2) is 4.79 Å². The van der Waals surface area contributed by atoms with Crippen LogP contribution in [0, 0.1) is 0 Å². The summed E-state index contributed by atoms with van der Waals surface area (Å²) in [5.74, 6) is 0.155. The molecule has 9 nitrogen and oxygen atoms in total. The molecule has 1 aromatic heterocycles.